The molecule has 2 heterocycles. The van der Waals surface area contributed by atoms with E-state index in [4.69, 9.17) is 4.42 Å². The minimum atomic E-state index is 0.203. The highest BCUT2D eigenvalue weighted by molar-refractivity contribution is 9.10. The Hall–Kier alpha value is -0.590. The summed E-state index contributed by atoms with van der Waals surface area (Å²) in [5.74, 6) is 0. The van der Waals surface area contributed by atoms with Gasteiger partial charge in [-0.2, -0.15) is 5.10 Å². The molecule has 0 spiro atoms. The van der Waals surface area contributed by atoms with Crippen molar-refractivity contribution in [3.8, 4) is 0 Å². The first-order valence-corrected chi connectivity index (χ1v) is 8.83. The molecule has 1 atom stereocenters. The van der Waals surface area contributed by atoms with Gasteiger partial charge in [0.05, 0.1) is 22.1 Å². The molecule has 4 nitrogen and oxygen atoms in total. The fourth-order valence-corrected chi connectivity index (χ4v) is 3.69. The summed E-state index contributed by atoms with van der Waals surface area (Å²) in [6, 6.07) is 2.22. The first-order chi connectivity index (χ1) is 10.1. The summed E-state index contributed by atoms with van der Waals surface area (Å²) in [6.45, 7) is 5.26. The van der Waals surface area contributed by atoms with Crippen molar-refractivity contribution in [2.45, 2.75) is 39.2 Å². The molecule has 0 saturated carbocycles. The number of aromatic nitrogens is 2. The fourth-order valence-electron chi connectivity index (χ4n) is 2.40. The van der Waals surface area contributed by atoms with Gasteiger partial charge in [-0.25, -0.2) is 0 Å². The van der Waals surface area contributed by atoms with Gasteiger partial charge in [0.1, 0.15) is 0 Å². The van der Waals surface area contributed by atoms with Crippen molar-refractivity contribution in [2.24, 2.45) is 7.05 Å². The minimum absolute atomic E-state index is 0.203. The van der Waals surface area contributed by atoms with Gasteiger partial charge in [0, 0.05) is 25.1 Å². The summed E-state index contributed by atoms with van der Waals surface area (Å²) in [5.41, 5.74) is 3.45. The minimum Gasteiger partial charge on any atom is -0.457 e. The number of nitrogens with one attached hydrogen (secondary N) is 1. The van der Waals surface area contributed by atoms with E-state index in [-0.39, 0.29) is 6.04 Å². The second kappa shape index (κ2) is 7.61. The summed E-state index contributed by atoms with van der Waals surface area (Å²) in [7, 11) is 2.00. The van der Waals surface area contributed by atoms with Gasteiger partial charge in [-0.15, -0.1) is 0 Å². The van der Waals surface area contributed by atoms with Crippen molar-refractivity contribution in [3.63, 3.8) is 0 Å². The van der Waals surface area contributed by atoms with E-state index < -0.39 is 0 Å². The lowest BCUT2D eigenvalue weighted by atomic mass is 10.0. The number of hydrogen-bond donors (Lipinski definition) is 1. The Bertz CT molecular complexity index is 592. The van der Waals surface area contributed by atoms with E-state index in [0.29, 0.717) is 0 Å². The standard InChI is InChI=1S/C15H21Br2N3O/c1-4-7-18-12(10-6-8-21-15(10)17)9-13-14(16)11(5-2)19-20(13)3/h6,8,12,18H,4-5,7,9H2,1-3H3. The van der Waals surface area contributed by atoms with Crippen molar-refractivity contribution in [2.75, 3.05) is 6.54 Å². The van der Waals surface area contributed by atoms with Crippen LogP contribution >= 0.6 is 31.9 Å². The second-order valence-electron chi connectivity index (χ2n) is 5.05. The van der Waals surface area contributed by atoms with Gasteiger partial charge < -0.3 is 9.73 Å². The van der Waals surface area contributed by atoms with Crippen LogP contribution in [0.15, 0.2) is 25.9 Å². The van der Waals surface area contributed by atoms with Gasteiger partial charge in [0.25, 0.3) is 0 Å². The first-order valence-electron chi connectivity index (χ1n) is 7.24. The molecule has 0 aliphatic heterocycles. The predicted molar refractivity (Wildman–Crippen MR) is 91.4 cm³/mol. The molecule has 0 bridgehead atoms. The first kappa shape index (κ1) is 16.8. The van der Waals surface area contributed by atoms with Crippen LogP contribution in [0.5, 0.6) is 0 Å². The highest BCUT2D eigenvalue weighted by atomic mass is 79.9. The van der Waals surface area contributed by atoms with E-state index >= 15 is 0 Å². The molecular formula is C15H21Br2N3O. The zero-order valence-corrected chi connectivity index (χ0v) is 15.8. The van der Waals surface area contributed by atoms with E-state index in [9.17, 15) is 0 Å². The molecule has 0 aliphatic rings. The molecule has 6 heteroatoms. The molecular weight excluding hydrogens is 398 g/mol. The molecule has 1 unspecified atom stereocenters. The third kappa shape index (κ3) is 3.79. The number of nitrogens with zero attached hydrogens (tertiary/aromatic N) is 2. The van der Waals surface area contributed by atoms with Crippen LogP contribution in [0.4, 0.5) is 0 Å². The van der Waals surface area contributed by atoms with Crippen LogP contribution in [0.3, 0.4) is 0 Å². The molecule has 2 aromatic heterocycles. The number of hydrogen-bond acceptors (Lipinski definition) is 3. The maximum atomic E-state index is 5.39. The number of rotatable bonds is 7. The lowest BCUT2D eigenvalue weighted by Gasteiger charge is -2.18. The Labute approximate surface area is 142 Å². The van der Waals surface area contributed by atoms with Crippen molar-refractivity contribution >= 4 is 31.9 Å². The average molecular weight is 419 g/mol. The zero-order chi connectivity index (χ0) is 15.4. The van der Waals surface area contributed by atoms with Crippen molar-refractivity contribution in [1.29, 1.82) is 0 Å². The van der Waals surface area contributed by atoms with Gasteiger partial charge >= 0.3 is 0 Å². The maximum Gasteiger partial charge on any atom is 0.173 e. The highest BCUT2D eigenvalue weighted by Gasteiger charge is 2.21. The van der Waals surface area contributed by atoms with Crippen LogP contribution < -0.4 is 5.32 Å². The molecule has 116 valence electrons. The molecule has 2 aromatic rings. The summed E-state index contributed by atoms with van der Waals surface area (Å²) in [6.07, 6.45) is 4.60. The van der Waals surface area contributed by atoms with Gasteiger partial charge in [-0.1, -0.05) is 13.8 Å². The molecule has 0 aromatic carbocycles. The maximum absolute atomic E-state index is 5.39. The second-order valence-corrected chi connectivity index (χ2v) is 6.56. The van der Waals surface area contributed by atoms with Crippen molar-refractivity contribution in [1.82, 2.24) is 15.1 Å². The predicted octanol–water partition coefficient (Wildman–Crippen LogP) is 4.38. The zero-order valence-electron chi connectivity index (χ0n) is 12.6. The molecule has 1 N–H and O–H groups in total. The van der Waals surface area contributed by atoms with Gasteiger partial charge in [0.2, 0.25) is 0 Å². The summed E-state index contributed by atoms with van der Waals surface area (Å²) >= 11 is 7.18. The molecule has 2 rings (SSSR count). The topological polar surface area (TPSA) is 43.0 Å². The number of halogens is 2. The van der Waals surface area contributed by atoms with E-state index in [2.05, 4.69) is 56.1 Å². The fraction of sp³-hybridized carbons (Fsp3) is 0.533. The van der Waals surface area contributed by atoms with E-state index in [1.165, 1.54) is 5.69 Å². The number of furan rings is 1. The van der Waals surface area contributed by atoms with Crippen LogP contribution in [0.2, 0.25) is 0 Å². The van der Waals surface area contributed by atoms with Gasteiger partial charge in [-0.3, -0.25) is 4.68 Å². The van der Waals surface area contributed by atoms with Crippen molar-refractivity contribution in [3.05, 3.63) is 38.4 Å². The molecule has 21 heavy (non-hydrogen) atoms. The van der Waals surface area contributed by atoms with Crippen LogP contribution in [0.1, 0.15) is 43.3 Å². The van der Waals surface area contributed by atoms with Gasteiger partial charge in [0.15, 0.2) is 4.67 Å². The molecule has 0 aliphatic carbocycles. The quantitative estimate of drug-likeness (QED) is 0.725. The Balaban J connectivity index is 2.27. The lowest BCUT2D eigenvalue weighted by molar-refractivity contribution is 0.488. The number of aryl methyl sites for hydroxylation is 2. The average Bonchev–Trinajstić information content (AvgIpc) is 3.00. The highest BCUT2D eigenvalue weighted by Crippen LogP contribution is 2.30. The lowest BCUT2D eigenvalue weighted by Crippen LogP contribution is -2.25. The largest absolute Gasteiger partial charge is 0.457 e. The summed E-state index contributed by atoms with van der Waals surface area (Å²) < 4.78 is 9.28. The molecule has 0 fully saturated rings. The van der Waals surface area contributed by atoms with Gasteiger partial charge in [-0.05, 0) is 57.3 Å². The van der Waals surface area contributed by atoms with Crippen LogP contribution in [-0.4, -0.2) is 16.3 Å². The molecule has 0 amide bonds. The normalized spacial score (nSPS) is 12.8. The van der Waals surface area contributed by atoms with Crippen molar-refractivity contribution < 1.29 is 4.42 Å². The summed E-state index contributed by atoms with van der Waals surface area (Å²) in [4.78, 5) is 0. The monoisotopic (exact) mass is 417 g/mol. The third-order valence-electron chi connectivity index (χ3n) is 3.56. The SMILES string of the molecule is CCCNC(Cc1c(Br)c(CC)nn1C)c1ccoc1Br. The Morgan fingerprint density at radius 2 is 2.14 bits per heavy atom. The third-order valence-corrected chi connectivity index (χ3v) is 5.12. The molecule has 0 saturated heterocycles. The Morgan fingerprint density at radius 1 is 1.38 bits per heavy atom. The van der Waals surface area contributed by atoms with Crippen LogP contribution in [-0.2, 0) is 19.9 Å². The van der Waals surface area contributed by atoms with E-state index in [1.807, 2.05) is 17.8 Å². The molecule has 0 radical (unpaired) electrons. The van der Waals surface area contributed by atoms with E-state index in [0.717, 1.165) is 46.2 Å². The Kier molecular flexibility index (Phi) is 6.08. The van der Waals surface area contributed by atoms with Crippen LogP contribution in [0, 0.1) is 0 Å². The summed E-state index contributed by atoms with van der Waals surface area (Å²) in [5, 5.41) is 8.16. The van der Waals surface area contributed by atoms with E-state index in [1.54, 1.807) is 6.26 Å². The van der Waals surface area contributed by atoms with Crippen LogP contribution in [0.25, 0.3) is 0 Å². The smallest absolute Gasteiger partial charge is 0.173 e. The Morgan fingerprint density at radius 3 is 2.67 bits per heavy atom.